The molecule has 0 saturated carbocycles. The molecular formula is C28H29N3O4S. The van der Waals surface area contributed by atoms with Crippen molar-refractivity contribution in [2.24, 2.45) is 0 Å². The molecule has 0 aliphatic carbocycles. The third kappa shape index (κ3) is 5.95. The molecule has 0 spiro atoms. The number of ether oxygens (including phenoxy) is 3. The summed E-state index contributed by atoms with van der Waals surface area (Å²) in [6.45, 7) is 3.30. The summed E-state index contributed by atoms with van der Waals surface area (Å²) in [4.78, 5) is 17.9. The highest BCUT2D eigenvalue weighted by Crippen LogP contribution is 2.25. The summed E-state index contributed by atoms with van der Waals surface area (Å²) in [5.74, 6) is 2.21. The average molecular weight is 504 g/mol. The Kier molecular flexibility index (Phi) is 8.07. The van der Waals surface area contributed by atoms with Crippen LogP contribution in [0.15, 0.2) is 77.6 Å². The number of pyridine rings is 1. The van der Waals surface area contributed by atoms with E-state index in [2.05, 4.69) is 10.3 Å². The van der Waals surface area contributed by atoms with Gasteiger partial charge in [-0.25, -0.2) is 0 Å². The molecule has 0 fully saturated rings. The van der Waals surface area contributed by atoms with Crippen LogP contribution in [-0.2, 0) is 13.1 Å². The van der Waals surface area contributed by atoms with Crippen LogP contribution in [0.5, 0.6) is 17.2 Å². The van der Waals surface area contributed by atoms with E-state index in [9.17, 15) is 4.79 Å². The number of anilines is 1. The second-order valence-electron chi connectivity index (χ2n) is 8.14. The van der Waals surface area contributed by atoms with Gasteiger partial charge in [-0.15, -0.1) is 0 Å². The Balaban J connectivity index is 1.66. The number of fused-ring (bicyclic) bond motifs is 1. The third-order valence-electron chi connectivity index (χ3n) is 5.73. The summed E-state index contributed by atoms with van der Waals surface area (Å²) < 4.78 is 16.4. The quantitative estimate of drug-likeness (QED) is 0.299. The van der Waals surface area contributed by atoms with Crippen molar-refractivity contribution in [3.8, 4) is 17.2 Å². The van der Waals surface area contributed by atoms with Gasteiger partial charge in [0.05, 0.1) is 33.1 Å². The van der Waals surface area contributed by atoms with E-state index in [1.807, 2.05) is 84.6 Å². The molecule has 1 aromatic heterocycles. The summed E-state index contributed by atoms with van der Waals surface area (Å²) in [5, 5.41) is 4.64. The Hall–Kier alpha value is -4.04. The molecule has 4 rings (SSSR count). The number of hydrogen-bond donors (Lipinski definition) is 2. The Bertz CT molecular complexity index is 1400. The molecule has 0 aliphatic heterocycles. The molecule has 0 saturated heterocycles. The SMILES string of the molecule is CCOc1ccc2[nH]c(=O)c(CN(Cc3ccc(OC)cc3)C(=S)Nc3ccccc3OC)cc2c1. The topological polar surface area (TPSA) is 75.8 Å². The van der Waals surface area contributed by atoms with E-state index in [0.717, 1.165) is 33.7 Å². The van der Waals surface area contributed by atoms with Crippen molar-refractivity contribution < 1.29 is 14.2 Å². The number of aromatic amines is 1. The number of rotatable bonds is 9. The number of para-hydroxylation sites is 2. The zero-order valence-electron chi connectivity index (χ0n) is 20.5. The maximum atomic E-state index is 13.0. The Morgan fingerprint density at radius 2 is 1.69 bits per heavy atom. The largest absolute Gasteiger partial charge is 0.497 e. The van der Waals surface area contributed by atoms with Crippen LogP contribution in [0, 0.1) is 0 Å². The molecule has 7 nitrogen and oxygen atoms in total. The van der Waals surface area contributed by atoms with E-state index in [1.54, 1.807) is 14.2 Å². The van der Waals surface area contributed by atoms with Crippen molar-refractivity contribution in [2.45, 2.75) is 20.0 Å². The van der Waals surface area contributed by atoms with Gasteiger partial charge in [-0.1, -0.05) is 24.3 Å². The van der Waals surface area contributed by atoms with Crippen LogP contribution >= 0.6 is 12.2 Å². The van der Waals surface area contributed by atoms with Crippen LogP contribution in [0.3, 0.4) is 0 Å². The van der Waals surface area contributed by atoms with Crippen molar-refractivity contribution in [2.75, 3.05) is 26.1 Å². The maximum Gasteiger partial charge on any atom is 0.253 e. The van der Waals surface area contributed by atoms with Crippen LogP contribution in [0.1, 0.15) is 18.1 Å². The van der Waals surface area contributed by atoms with E-state index in [4.69, 9.17) is 26.4 Å². The first-order valence-corrected chi connectivity index (χ1v) is 12.0. The summed E-state index contributed by atoms with van der Waals surface area (Å²) >= 11 is 5.81. The molecule has 0 bridgehead atoms. The molecule has 1 heterocycles. The van der Waals surface area contributed by atoms with E-state index in [0.29, 0.717) is 36.1 Å². The van der Waals surface area contributed by atoms with Gasteiger partial charge in [-0.05, 0) is 73.2 Å². The molecule has 186 valence electrons. The number of benzene rings is 3. The van der Waals surface area contributed by atoms with Crippen LogP contribution in [0.4, 0.5) is 5.69 Å². The fourth-order valence-corrected chi connectivity index (χ4v) is 4.14. The van der Waals surface area contributed by atoms with Crippen molar-refractivity contribution in [1.82, 2.24) is 9.88 Å². The minimum Gasteiger partial charge on any atom is -0.497 e. The molecular weight excluding hydrogens is 474 g/mol. The molecule has 2 N–H and O–H groups in total. The summed E-state index contributed by atoms with van der Waals surface area (Å²) in [6, 6.07) is 22.9. The predicted octanol–water partition coefficient (Wildman–Crippen LogP) is 5.34. The Morgan fingerprint density at radius 1 is 0.944 bits per heavy atom. The maximum absolute atomic E-state index is 13.0. The molecule has 3 aromatic carbocycles. The lowest BCUT2D eigenvalue weighted by atomic mass is 10.1. The highest BCUT2D eigenvalue weighted by atomic mass is 32.1. The van der Waals surface area contributed by atoms with Gasteiger partial charge in [0.15, 0.2) is 5.11 Å². The van der Waals surface area contributed by atoms with Crippen molar-refractivity contribution >= 4 is 33.9 Å². The highest BCUT2D eigenvalue weighted by molar-refractivity contribution is 7.80. The van der Waals surface area contributed by atoms with Crippen LogP contribution in [-0.4, -0.2) is 35.8 Å². The number of thiocarbonyl (C=S) groups is 1. The van der Waals surface area contributed by atoms with Gasteiger partial charge in [-0.3, -0.25) is 4.79 Å². The van der Waals surface area contributed by atoms with Gasteiger partial charge in [0.2, 0.25) is 0 Å². The van der Waals surface area contributed by atoms with Gasteiger partial charge >= 0.3 is 0 Å². The molecule has 0 unspecified atom stereocenters. The second-order valence-corrected chi connectivity index (χ2v) is 8.53. The molecule has 0 atom stereocenters. The molecule has 36 heavy (non-hydrogen) atoms. The van der Waals surface area contributed by atoms with Crippen molar-refractivity contribution in [1.29, 1.82) is 0 Å². The summed E-state index contributed by atoms with van der Waals surface area (Å²) in [6.07, 6.45) is 0. The fraction of sp³-hybridized carbons (Fsp3) is 0.214. The number of H-pyrrole nitrogens is 1. The number of nitrogens with zero attached hydrogens (tertiary/aromatic N) is 1. The molecule has 4 aromatic rings. The third-order valence-corrected chi connectivity index (χ3v) is 6.09. The van der Waals surface area contributed by atoms with Gasteiger partial charge in [0, 0.05) is 23.0 Å². The lowest BCUT2D eigenvalue weighted by Gasteiger charge is -2.26. The van der Waals surface area contributed by atoms with Crippen molar-refractivity contribution in [3.63, 3.8) is 0 Å². The van der Waals surface area contributed by atoms with Crippen LogP contribution in [0.25, 0.3) is 10.9 Å². The van der Waals surface area contributed by atoms with Gasteiger partial charge in [0.25, 0.3) is 5.56 Å². The number of hydrogen-bond acceptors (Lipinski definition) is 5. The normalized spacial score (nSPS) is 10.6. The Labute approximate surface area is 215 Å². The summed E-state index contributed by atoms with van der Waals surface area (Å²) in [5.41, 5.74) is 2.96. The van der Waals surface area contributed by atoms with Gasteiger partial charge < -0.3 is 29.4 Å². The van der Waals surface area contributed by atoms with Crippen LogP contribution < -0.4 is 25.1 Å². The molecule has 0 amide bonds. The minimum absolute atomic E-state index is 0.161. The van der Waals surface area contributed by atoms with E-state index in [1.165, 1.54) is 0 Å². The second kappa shape index (κ2) is 11.6. The first-order valence-electron chi connectivity index (χ1n) is 11.6. The monoisotopic (exact) mass is 503 g/mol. The lowest BCUT2D eigenvalue weighted by molar-refractivity contribution is 0.340. The van der Waals surface area contributed by atoms with Gasteiger partial charge in [-0.2, -0.15) is 0 Å². The van der Waals surface area contributed by atoms with Crippen molar-refractivity contribution in [3.05, 3.63) is 94.3 Å². The van der Waals surface area contributed by atoms with E-state index < -0.39 is 0 Å². The lowest BCUT2D eigenvalue weighted by Crippen LogP contribution is -2.35. The molecule has 0 aliphatic rings. The zero-order valence-corrected chi connectivity index (χ0v) is 21.4. The predicted molar refractivity (Wildman–Crippen MR) is 147 cm³/mol. The zero-order chi connectivity index (χ0) is 25.5. The van der Waals surface area contributed by atoms with Crippen LogP contribution in [0.2, 0.25) is 0 Å². The fourth-order valence-electron chi connectivity index (χ4n) is 3.90. The first-order chi connectivity index (χ1) is 17.5. The standard InChI is InChI=1S/C28H29N3O4S/c1-4-35-23-13-14-24-20(16-23)15-21(27(32)29-24)18-31(17-19-9-11-22(33-2)12-10-19)28(36)30-25-7-5-6-8-26(25)34-3/h5-16H,4,17-18H2,1-3H3,(H,29,32)(H,30,36). The highest BCUT2D eigenvalue weighted by Gasteiger charge is 2.16. The molecule has 0 radical (unpaired) electrons. The average Bonchev–Trinajstić information content (AvgIpc) is 2.89. The Morgan fingerprint density at radius 3 is 2.42 bits per heavy atom. The van der Waals surface area contributed by atoms with E-state index in [-0.39, 0.29) is 5.56 Å². The van der Waals surface area contributed by atoms with E-state index >= 15 is 0 Å². The number of methoxy groups -OCH3 is 2. The smallest absolute Gasteiger partial charge is 0.253 e. The first kappa shape index (κ1) is 25.1. The number of nitrogens with one attached hydrogen (secondary N) is 2. The number of aromatic nitrogens is 1. The summed E-state index contributed by atoms with van der Waals surface area (Å²) in [7, 11) is 3.25. The van der Waals surface area contributed by atoms with Gasteiger partial charge in [0.1, 0.15) is 17.2 Å². The minimum atomic E-state index is -0.161. The molecule has 8 heteroatoms.